The van der Waals surface area contributed by atoms with Crippen molar-refractivity contribution in [3.05, 3.63) is 41.2 Å². The molecule has 0 heterocycles. The van der Waals surface area contributed by atoms with Crippen LogP contribution in [0.1, 0.15) is 5.56 Å². The van der Waals surface area contributed by atoms with Gasteiger partial charge in [0.2, 0.25) is 0 Å². The molecule has 13 heavy (non-hydrogen) atoms. The Morgan fingerprint density at radius 1 is 1.38 bits per heavy atom. The van der Waals surface area contributed by atoms with Crippen LogP contribution in [0.3, 0.4) is 0 Å². The van der Waals surface area contributed by atoms with Gasteiger partial charge in [-0.3, -0.25) is 4.79 Å². The standard InChI is InChI=1S/C9H8N2O.Na/c10-7-11-9(12)6-8-4-2-1-3-5-8;/h1-5H,6H2,(H,11,12);/q;+1/p-1. The van der Waals surface area contributed by atoms with E-state index in [4.69, 9.17) is 5.26 Å². The quantitative estimate of drug-likeness (QED) is 0.418. The van der Waals surface area contributed by atoms with Gasteiger partial charge in [-0.2, -0.15) is 0 Å². The predicted molar refractivity (Wildman–Crippen MR) is 44.1 cm³/mol. The van der Waals surface area contributed by atoms with E-state index in [1.807, 2.05) is 30.3 Å². The van der Waals surface area contributed by atoms with E-state index < -0.39 is 5.91 Å². The van der Waals surface area contributed by atoms with Gasteiger partial charge in [-0.1, -0.05) is 36.5 Å². The van der Waals surface area contributed by atoms with Gasteiger partial charge >= 0.3 is 29.6 Å². The Balaban J connectivity index is 0.00000144. The maximum atomic E-state index is 10.8. The topological polar surface area (TPSA) is 55.0 Å². The van der Waals surface area contributed by atoms with E-state index in [1.165, 1.54) is 6.19 Å². The van der Waals surface area contributed by atoms with Crippen LogP contribution in [-0.2, 0) is 11.2 Å². The summed E-state index contributed by atoms with van der Waals surface area (Å²) >= 11 is 0. The Kier molecular flexibility index (Phi) is 6.25. The van der Waals surface area contributed by atoms with Crippen LogP contribution in [0.15, 0.2) is 30.3 Å². The third kappa shape index (κ3) is 4.69. The molecule has 1 aromatic carbocycles. The van der Waals surface area contributed by atoms with Crippen LogP contribution in [0.25, 0.3) is 5.32 Å². The van der Waals surface area contributed by atoms with Gasteiger partial charge in [0.05, 0.1) is 0 Å². The molecule has 0 N–H and O–H groups in total. The number of rotatable bonds is 2. The molecule has 0 saturated heterocycles. The van der Waals surface area contributed by atoms with Gasteiger partial charge in [0.1, 0.15) is 0 Å². The first-order valence-electron chi connectivity index (χ1n) is 3.49. The number of hydrogen-bond acceptors (Lipinski definition) is 2. The zero-order valence-corrected chi connectivity index (χ0v) is 9.40. The van der Waals surface area contributed by atoms with E-state index in [2.05, 4.69) is 5.32 Å². The van der Waals surface area contributed by atoms with Crippen molar-refractivity contribution < 1.29 is 34.4 Å². The van der Waals surface area contributed by atoms with Crippen molar-refractivity contribution in [2.45, 2.75) is 6.42 Å². The van der Waals surface area contributed by atoms with Gasteiger partial charge in [0.25, 0.3) is 0 Å². The fourth-order valence-corrected chi connectivity index (χ4v) is 0.866. The summed E-state index contributed by atoms with van der Waals surface area (Å²) in [5.41, 5.74) is 0.876. The van der Waals surface area contributed by atoms with E-state index in [0.717, 1.165) is 5.56 Å². The molecular formula is C9H7N2NaO. The minimum Gasteiger partial charge on any atom is -0.494 e. The van der Waals surface area contributed by atoms with Crippen molar-refractivity contribution in [1.82, 2.24) is 0 Å². The third-order valence-electron chi connectivity index (χ3n) is 1.37. The Morgan fingerprint density at radius 2 is 2.00 bits per heavy atom. The van der Waals surface area contributed by atoms with Crippen LogP contribution in [0.4, 0.5) is 0 Å². The van der Waals surface area contributed by atoms with Gasteiger partial charge in [0, 0.05) is 6.42 Å². The number of carbonyl (C=O) groups excluding carboxylic acids is 1. The first-order valence-corrected chi connectivity index (χ1v) is 3.49. The van der Waals surface area contributed by atoms with Crippen molar-refractivity contribution in [1.29, 1.82) is 5.26 Å². The molecule has 3 nitrogen and oxygen atoms in total. The molecule has 0 radical (unpaired) electrons. The molecular weight excluding hydrogens is 175 g/mol. The number of benzene rings is 1. The van der Waals surface area contributed by atoms with Crippen molar-refractivity contribution >= 4 is 5.91 Å². The van der Waals surface area contributed by atoms with E-state index >= 15 is 0 Å². The summed E-state index contributed by atoms with van der Waals surface area (Å²) in [5.74, 6) is -0.399. The number of nitriles is 1. The van der Waals surface area contributed by atoms with Crippen LogP contribution in [-0.4, -0.2) is 5.91 Å². The fraction of sp³-hybridized carbons (Fsp3) is 0.111. The maximum Gasteiger partial charge on any atom is 1.00 e. The van der Waals surface area contributed by atoms with Gasteiger partial charge in [0.15, 0.2) is 5.91 Å². The molecule has 0 unspecified atom stereocenters. The second kappa shape index (κ2) is 6.67. The van der Waals surface area contributed by atoms with Crippen molar-refractivity contribution in [3.63, 3.8) is 0 Å². The summed E-state index contributed by atoms with van der Waals surface area (Å²) < 4.78 is 0. The van der Waals surface area contributed by atoms with Crippen LogP contribution in [0.2, 0.25) is 0 Å². The van der Waals surface area contributed by atoms with Crippen LogP contribution in [0, 0.1) is 11.5 Å². The van der Waals surface area contributed by atoms with E-state index in [1.54, 1.807) is 0 Å². The van der Waals surface area contributed by atoms with Gasteiger partial charge in [-0.05, 0) is 5.56 Å². The number of amides is 1. The summed E-state index contributed by atoms with van der Waals surface area (Å²) in [6, 6.07) is 9.20. The monoisotopic (exact) mass is 182 g/mol. The zero-order valence-electron chi connectivity index (χ0n) is 7.40. The minimum absolute atomic E-state index is 0. The Bertz CT molecular complexity index is 305. The molecule has 60 valence electrons. The number of hydrogen-bond donors (Lipinski definition) is 0. The fourth-order valence-electron chi connectivity index (χ4n) is 0.866. The third-order valence-corrected chi connectivity index (χ3v) is 1.37. The molecule has 0 atom stereocenters. The molecule has 0 aromatic heterocycles. The molecule has 0 bridgehead atoms. The molecule has 4 heteroatoms. The van der Waals surface area contributed by atoms with Gasteiger partial charge < -0.3 is 10.6 Å². The first-order chi connectivity index (χ1) is 5.83. The smallest absolute Gasteiger partial charge is 0.494 e. The second-order valence-electron chi connectivity index (χ2n) is 2.27. The number of carbonyl (C=O) groups is 1. The Hall–Kier alpha value is -0.820. The van der Waals surface area contributed by atoms with Crippen LogP contribution in [0.5, 0.6) is 0 Å². The molecule has 1 amide bonds. The molecule has 0 fully saturated rings. The normalized spacial score (nSPS) is 7.92. The molecule has 0 aliphatic rings. The molecule has 0 aliphatic heterocycles. The number of nitrogens with zero attached hydrogens (tertiary/aromatic N) is 2. The van der Waals surface area contributed by atoms with E-state index in [9.17, 15) is 4.79 Å². The van der Waals surface area contributed by atoms with Gasteiger partial charge in [-0.25, -0.2) is 0 Å². The van der Waals surface area contributed by atoms with Crippen molar-refractivity contribution in [2.24, 2.45) is 0 Å². The SMILES string of the molecule is N#C[N-]C(=O)Cc1ccccc1.[Na+]. The van der Waals surface area contributed by atoms with E-state index in [0.29, 0.717) is 0 Å². The van der Waals surface area contributed by atoms with Crippen molar-refractivity contribution in [2.75, 3.05) is 0 Å². The Morgan fingerprint density at radius 3 is 2.54 bits per heavy atom. The molecule has 0 spiro atoms. The van der Waals surface area contributed by atoms with Crippen molar-refractivity contribution in [3.8, 4) is 6.19 Å². The predicted octanol–water partition coefficient (Wildman–Crippen LogP) is -1.39. The summed E-state index contributed by atoms with van der Waals surface area (Å²) in [4.78, 5) is 10.8. The molecule has 1 aromatic rings. The second-order valence-corrected chi connectivity index (χ2v) is 2.27. The van der Waals surface area contributed by atoms with Crippen LogP contribution < -0.4 is 29.6 Å². The average molecular weight is 182 g/mol. The zero-order chi connectivity index (χ0) is 8.81. The first kappa shape index (κ1) is 12.2. The summed E-state index contributed by atoms with van der Waals surface area (Å²) in [6.07, 6.45) is 1.67. The summed E-state index contributed by atoms with van der Waals surface area (Å²) in [6.45, 7) is 0. The molecule has 1 rings (SSSR count). The molecule has 0 aliphatic carbocycles. The maximum absolute atomic E-state index is 10.8. The Labute approximate surface area is 99.0 Å². The van der Waals surface area contributed by atoms with Gasteiger partial charge in [-0.15, -0.1) is 0 Å². The van der Waals surface area contributed by atoms with E-state index in [-0.39, 0.29) is 36.0 Å². The summed E-state index contributed by atoms with van der Waals surface area (Å²) in [5, 5.41) is 11.2. The molecule has 0 saturated carbocycles. The summed E-state index contributed by atoms with van der Waals surface area (Å²) in [7, 11) is 0. The average Bonchev–Trinajstić information content (AvgIpc) is 2.06. The van der Waals surface area contributed by atoms with Crippen LogP contribution >= 0.6 is 0 Å². The minimum atomic E-state index is -0.399. The largest absolute Gasteiger partial charge is 1.00 e.